The van der Waals surface area contributed by atoms with Gasteiger partial charge in [-0.2, -0.15) is 0 Å². The van der Waals surface area contributed by atoms with Gasteiger partial charge in [-0.3, -0.25) is 0 Å². The second kappa shape index (κ2) is 6.03. The largest absolute Gasteiger partial charge is 0.371 e. The number of rotatable bonds is 4. The van der Waals surface area contributed by atoms with Crippen molar-refractivity contribution in [1.82, 2.24) is 0 Å². The van der Waals surface area contributed by atoms with Crippen LogP contribution in [0.15, 0.2) is 0 Å². The van der Waals surface area contributed by atoms with Gasteiger partial charge in [-0.1, -0.05) is 54.7 Å². The van der Waals surface area contributed by atoms with E-state index < -0.39 is 0 Å². The maximum Gasteiger partial charge on any atom is 0.0775 e. The van der Waals surface area contributed by atoms with Crippen molar-refractivity contribution in [3.63, 3.8) is 0 Å². The minimum atomic E-state index is 0.247. The summed E-state index contributed by atoms with van der Waals surface area (Å²) in [5.74, 6) is 0.842. The van der Waals surface area contributed by atoms with Crippen LogP contribution in [0.1, 0.15) is 64.7 Å². The Hall–Kier alpha value is 0.690. The van der Waals surface area contributed by atoms with Crippen LogP contribution in [0.2, 0.25) is 0 Å². The lowest BCUT2D eigenvalue weighted by molar-refractivity contribution is -0.0937. The Morgan fingerprint density at radius 2 is 1.75 bits per heavy atom. The minimum absolute atomic E-state index is 0.247. The minimum Gasteiger partial charge on any atom is -0.371 e. The highest BCUT2D eigenvalue weighted by Gasteiger charge is 2.36. The van der Waals surface area contributed by atoms with Gasteiger partial charge in [0.25, 0.3) is 0 Å². The zero-order valence-electron chi connectivity index (χ0n) is 10.5. The van der Waals surface area contributed by atoms with E-state index in [1.54, 1.807) is 0 Å². The normalized spacial score (nSPS) is 28.1. The van der Waals surface area contributed by atoms with E-state index in [0.717, 1.165) is 5.92 Å². The van der Waals surface area contributed by atoms with Gasteiger partial charge in [-0.25, -0.2) is 0 Å². The molecule has 16 heavy (non-hydrogen) atoms. The molecule has 2 heteroatoms. The van der Waals surface area contributed by atoms with E-state index in [9.17, 15) is 0 Å². The van der Waals surface area contributed by atoms with E-state index in [1.807, 2.05) is 0 Å². The van der Waals surface area contributed by atoms with Crippen LogP contribution in [0, 0.1) is 5.92 Å². The summed E-state index contributed by atoms with van der Waals surface area (Å²) in [7, 11) is 0. The van der Waals surface area contributed by atoms with Gasteiger partial charge in [0.1, 0.15) is 0 Å². The van der Waals surface area contributed by atoms with E-state index in [2.05, 4.69) is 29.5 Å². The first kappa shape index (κ1) is 13.1. The number of hydrogen-bond acceptors (Lipinski definition) is 1. The molecule has 0 bridgehead atoms. The van der Waals surface area contributed by atoms with Crippen LogP contribution in [0.3, 0.4) is 0 Å². The molecule has 2 fully saturated rings. The van der Waals surface area contributed by atoms with Crippen LogP contribution < -0.4 is 0 Å². The molecule has 0 radical (unpaired) electrons. The quantitative estimate of drug-likeness (QED) is 0.533. The van der Waals surface area contributed by atoms with Gasteiger partial charge in [0.2, 0.25) is 0 Å². The lowest BCUT2D eigenvalue weighted by Gasteiger charge is -2.36. The predicted octanol–water partition coefficient (Wildman–Crippen LogP) is 4.72. The molecule has 0 heterocycles. The number of hydrogen-bond donors (Lipinski definition) is 0. The summed E-state index contributed by atoms with van der Waals surface area (Å²) in [5.41, 5.74) is 0.247. The third kappa shape index (κ3) is 3.12. The maximum atomic E-state index is 6.48. The van der Waals surface area contributed by atoms with Crippen LogP contribution in [0.25, 0.3) is 0 Å². The van der Waals surface area contributed by atoms with Crippen LogP contribution in [-0.4, -0.2) is 16.1 Å². The maximum absolute atomic E-state index is 6.48. The van der Waals surface area contributed by atoms with Gasteiger partial charge in [0.15, 0.2) is 0 Å². The van der Waals surface area contributed by atoms with Gasteiger partial charge < -0.3 is 4.74 Å². The van der Waals surface area contributed by atoms with Crippen molar-refractivity contribution in [2.45, 2.75) is 76.4 Å². The Labute approximate surface area is 114 Å². The molecule has 0 aromatic heterocycles. The summed E-state index contributed by atoms with van der Waals surface area (Å²) in [6.45, 7) is 2.32. The van der Waals surface area contributed by atoms with E-state index >= 15 is 0 Å². The number of halogens is 1. The van der Waals surface area contributed by atoms with Crippen LogP contribution in [0.4, 0.5) is 0 Å². The first-order chi connectivity index (χ1) is 7.76. The smallest absolute Gasteiger partial charge is 0.0775 e. The first-order valence-electron chi connectivity index (χ1n) is 6.99. The predicted molar refractivity (Wildman–Crippen MR) is 77.2 cm³/mol. The Morgan fingerprint density at radius 3 is 2.31 bits per heavy atom. The molecule has 2 saturated carbocycles. The summed E-state index contributed by atoms with van der Waals surface area (Å²) in [5, 5.41) is 0. The van der Waals surface area contributed by atoms with Crippen molar-refractivity contribution >= 4 is 22.6 Å². The monoisotopic (exact) mass is 336 g/mol. The van der Waals surface area contributed by atoms with Gasteiger partial charge in [0.05, 0.1) is 11.7 Å². The summed E-state index contributed by atoms with van der Waals surface area (Å²) in [4.78, 5) is 0. The van der Waals surface area contributed by atoms with Crippen molar-refractivity contribution in [2.75, 3.05) is 4.43 Å². The molecule has 94 valence electrons. The van der Waals surface area contributed by atoms with Gasteiger partial charge in [-0.05, 0) is 38.5 Å². The third-order valence-electron chi connectivity index (χ3n) is 4.51. The lowest BCUT2D eigenvalue weighted by atomic mass is 9.85. The van der Waals surface area contributed by atoms with Crippen molar-refractivity contribution in [2.24, 2.45) is 5.92 Å². The highest BCUT2D eigenvalue weighted by atomic mass is 127. The molecule has 0 saturated heterocycles. The molecule has 1 nitrogen and oxygen atoms in total. The van der Waals surface area contributed by atoms with Crippen molar-refractivity contribution in [1.29, 1.82) is 0 Å². The number of ether oxygens (including phenoxy) is 1. The molecule has 2 aliphatic carbocycles. The molecule has 2 aliphatic rings. The molecular formula is C14H25IO. The Morgan fingerprint density at radius 1 is 1.12 bits per heavy atom. The Balaban J connectivity index is 1.86. The second-order valence-corrected chi connectivity index (χ2v) is 6.51. The average Bonchev–Trinajstić information content (AvgIpc) is 2.79. The van der Waals surface area contributed by atoms with E-state index in [1.165, 1.54) is 62.2 Å². The Kier molecular flexibility index (Phi) is 4.95. The molecule has 0 N–H and O–H groups in total. The van der Waals surface area contributed by atoms with Gasteiger partial charge in [-0.15, -0.1) is 0 Å². The van der Waals surface area contributed by atoms with Crippen LogP contribution in [0.5, 0.6) is 0 Å². The van der Waals surface area contributed by atoms with E-state index in [4.69, 9.17) is 4.74 Å². The number of alkyl halides is 1. The average molecular weight is 336 g/mol. The van der Waals surface area contributed by atoms with E-state index in [-0.39, 0.29) is 5.60 Å². The summed E-state index contributed by atoms with van der Waals surface area (Å²) >= 11 is 2.52. The first-order valence-corrected chi connectivity index (χ1v) is 8.52. The molecule has 1 atom stereocenters. The topological polar surface area (TPSA) is 9.23 Å². The van der Waals surface area contributed by atoms with Crippen molar-refractivity contribution in [3.05, 3.63) is 0 Å². The highest BCUT2D eigenvalue weighted by molar-refractivity contribution is 14.1. The molecule has 2 rings (SSSR count). The fourth-order valence-electron chi connectivity index (χ4n) is 3.40. The molecule has 0 spiro atoms. The fraction of sp³-hybridized carbons (Fsp3) is 1.00. The molecule has 0 aromatic carbocycles. The standard InChI is InChI=1S/C14H25IO/c1-12(13-7-3-2-4-8-13)16-14(11-15)9-5-6-10-14/h12-13H,2-11H2,1H3. The third-order valence-corrected chi connectivity index (χ3v) is 5.90. The molecule has 0 aromatic rings. The van der Waals surface area contributed by atoms with Crippen molar-refractivity contribution < 1.29 is 4.74 Å². The van der Waals surface area contributed by atoms with Crippen LogP contribution in [-0.2, 0) is 4.74 Å². The fourth-order valence-corrected chi connectivity index (χ4v) is 4.34. The second-order valence-electron chi connectivity index (χ2n) is 5.74. The summed E-state index contributed by atoms with van der Waals surface area (Å²) in [6.07, 6.45) is 12.9. The zero-order valence-corrected chi connectivity index (χ0v) is 12.7. The zero-order chi connectivity index (χ0) is 11.4. The Bertz CT molecular complexity index is 205. The molecule has 0 amide bonds. The molecular weight excluding hydrogens is 311 g/mol. The molecule has 1 unspecified atom stereocenters. The van der Waals surface area contributed by atoms with Crippen molar-refractivity contribution in [3.8, 4) is 0 Å². The molecule has 0 aliphatic heterocycles. The van der Waals surface area contributed by atoms with Gasteiger partial charge in [0, 0.05) is 4.43 Å². The SMILES string of the molecule is CC(OC1(CI)CCCC1)C1CCCCC1. The highest BCUT2D eigenvalue weighted by Crippen LogP contribution is 2.38. The van der Waals surface area contributed by atoms with Crippen LogP contribution >= 0.6 is 22.6 Å². The summed E-state index contributed by atoms with van der Waals surface area (Å²) < 4.78 is 7.66. The summed E-state index contributed by atoms with van der Waals surface area (Å²) in [6, 6.07) is 0. The van der Waals surface area contributed by atoms with E-state index in [0.29, 0.717) is 6.10 Å². The van der Waals surface area contributed by atoms with Gasteiger partial charge >= 0.3 is 0 Å². The lowest BCUT2D eigenvalue weighted by Crippen LogP contribution is -2.38.